The van der Waals surface area contributed by atoms with Gasteiger partial charge in [-0.15, -0.1) is 18.2 Å². The van der Waals surface area contributed by atoms with Crippen molar-refractivity contribution >= 4 is 35.0 Å². The monoisotopic (exact) mass is 268 g/mol. The zero-order chi connectivity index (χ0) is 12.8. The van der Waals surface area contributed by atoms with Gasteiger partial charge in [0, 0.05) is 15.6 Å². The van der Waals surface area contributed by atoms with Gasteiger partial charge in [-0.25, -0.2) is 0 Å². The number of carbonyl (C=O) groups excluding carboxylic acids is 1. The first kappa shape index (κ1) is 13.8. The van der Waals surface area contributed by atoms with Gasteiger partial charge in [-0.1, -0.05) is 17.5 Å². The minimum absolute atomic E-state index is 0.118. The van der Waals surface area contributed by atoms with Crippen LogP contribution in [0.15, 0.2) is 23.1 Å². The van der Waals surface area contributed by atoms with E-state index in [1.807, 2.05) is 0 Å². The van der Waals surface area contributed by atoms with E-state index in [4.69, 9.17) is 23.8 Å². The molecule has 1 aromatic carbocycles. The molecule has 17 heavy (non-hydrogen) atoms. The molecule has 0 aliphatic carbocycles. The number of terminal acetylenes is 1. The molecule has 0 saturated heterocycles. The molecular formula is C12H13ClN2OS. The fraction of sp³-hybridized carbons (Fsp3) is 0.250. The minimum Gasteiger partial charge on any atom is -0.398 e. The lowest BCUT2D eigenvalue weighted by Crippen LogP contribution is -2.31. The van der Waals surface area contributed by atoms with Gasteiger partial charge in [0.25, 0.3) is 0 Å². The quantitative estimate of drug-likeness (QED) is 0.500. The van der Waals surface area contributed by atoms with Gasteiger partial charge >= 0.3 is 0 Å². The second kappa shape index (κ2) is 6.43. The highest BCUT2D eigenvalue weighted by Gasteiger charge is 2.15. The number of halogens is 1. The maximum atomic E-state index is 11.6. The molecule has 90 valence electrons. The number of amides is 1. The van der Waals surface area contributed by atoms with Crippen LogP contribution in [0, 0.1) is 12.3 Å². The lowest BCUT2D eigenvalue weighted by atomic mass is 10.3. The molecule has 1 rings (SSSR count). The van der Waals surface area contributed by atoms with Gasteiger partial charge in [0.15, 0.2) is 0 Å². The first-order chi connectivity index (χ1) is 8.04. The molecule has 1 aromatic rings. The summed E-state index contributed by atoms with van der Waals surface area (Å²) in [5, 5.41) is 2.94. The fourth-order valence-corrected chi connectivity index (χ4v) is 2.34. The van der Waals surface area contributed by atoms with Crippen molar-refractivity contribution in [2.24, 2.45) is 0 Å². The molecule has 1 amide bonds. The third-order valence-corrected chi connectivity index (χ3v) is 3.42. The van der Waals surface area contributed by atoms with Crippen molar-refractivity contribution in [1.29, 1.82) is 0 Å². The van der Waals surface area contributed by atoms with Gasteiger partial charge in [0.05, 0.1) is 11.8 Å². The van der Waals surface area contributed by atoms with Crippen molar-refractivity contribution in [2.45, 2.75) is 17.1 Å². The molecule has 0 spiro atoms. The molecule has 3 nitrogen and oxygen atoms in total. The smallest absolute Gasteiger partial charge is 0.233 e. The van der Waals surface area contributed by atoms with Crippen LogP contribution in [-0.4, -0.2) is 17.7 Å². The van der Waals surface area contributed by atoms with Gasteiger partial charge in [0.1, 0.15) is 0 Å². The zero-order valence-electron chi connectivity index (χ0n) is 9.37. The predicted octanol–water partition coefficient (Wildman–Crippen LogP) is 2.15. The average Bonchev–Trinajstić information content (AvgIpc) is 2.30. The molecule has 0 aromatic heterocycles. The van der Waals surface area contributed by atoms with Crippen LogP contribution in [0.2, 0.25) is 5.02 Å². The van der Waals surface area contributed by atoms with E-state index in [0.29, 0.717) is 10.7 Å². The third kappa shape index (κ3) is 4.22. The van der Waals surface area contributed by atoms with Crippen LogP contribution >= 0.6 is 23.4 Å². The maximum Gasteiger partial charge on any atom is 0.233 e. The van der Waals surface area contributed by atoms with Crippen LogP contribution in [0.4, 0.5) is 5.69 Å². The number of hydrogen-bond donors (Lipinski definition) is 2. The Morgan fingerprint density at radius 1 is 1.71 bits per heavy atom. The Kier molecular flexibility index (Phi) is 5.20. The van der Waals surface area contributed by atoms with Crippen LogP contribution in [0.1, 0.15) is 6.92 Å². The summed E-state index contributed by atoms with van der Waals surface area (Å²) in [6.45, 7) is 2.02. The molecule has 0 bridgehead atoms. The Labute approximate surface area is 110 Å². The number of nitrogens with one attached hydrogen (secondary N) is 1. The Bertz CT molecular complexity index is 456. The normalized spacial score (nSPS) is 11.6. The molecule has 1 unspecified atom stereocenters. The van der Waals surface area contributed by atoms with Crippen LogP contribution in [0.5, 0.6) is 0 Å². The van der Waals surface area contributed by atoms with Gasteiger partial charge in [-0.05, 0) is 25.1 Å². The molecule has 0 radical (unpaired) electrons. The SMILES string of the molecule is C#CCNC(=O)C(C)Sc1cc(Cl)ccc1N. The molecule has 0 heterocycles. The summed E-state index contributed by atoms with van der Waals surface area (Å²) >= 11 is 7.22. The Morgan fingerprint density at radius 3 is 3.06 bits per heavy atom. The molecule has 0 saturated carbocycles. The second-order valence-electron chi connectivity index (χ2n) is 3.36. The van der Waals surface area contributed by atoms with E-state index in [1.54, 1.807) is 25.1 Å². The molecule has 3 N–H and O–H groups in total. The van der Waals surface area contributed by atoms with Gasteiger partial charge in [0.2, 0.25) is 5.91 Å². The molecular weight excluding hydrogens is 256 g/mol. The van der Waals surface area contributed by atoms with Crippen molar-refractivity contribution in [3.8, 4) is 12.3 Å². The third-order valence-electron chi connectivity index (χ3n) is 2.01. The number of nitrogens with two attached hydrogens (primary N) is 1. The molecule has 5 heteroatoms. The van der Waals surface area contributed by atoms with E-state index in [2.05, 4.69) is 11.2 Å². The van der Waals surface area contributed by atoms with Crippen molar-refractivity contribution in [3.05, 3.63) is 23.2 Å². The number of anilines is 1. The number of carbonyl (C=O) groups is 1. The van der Waals surface area contributed by atoms with Gasteiger partial charge < -0.3 is 11.1 Å². The van der Waals surface area contributed by atoms with Crippen LogP contribution in [0.3, 0.4) is 0 Å². The highest BCUT2D eigenvalue weighted by Crippen LogP contribution is 2.31. The predicted molar refractivity (Wildman–Crippen MR) is 73.0 cm³/mol. The van der Waals surface area contributed by atoms with Gasteiger partial charge in [-0.3, -0.25) is 4.79 Å². The largest absolute Gasteiger partial charge is 0.398 e. The first-order valence-electron chi connectivity index (χ1n) is 4.97. The topological polar surface area (TPSA) is 55.1 Å². The van der Waals surface area contributed by atoms with E-state index < -0.39 is 0 Å². The number of rotatable bonds is 4. The highest BCUT2D eigenvalue weighted by molar-refractivity contribution is 8.00. The van der Waals surface area contributed by atoms with Crippen LogP contribution in [-0.2, 0) is 4.79 Å². The lowest BCUT2D eigenvalue weighted by Gasteiger charge is -2.12. The standard InChI is InChI=1S/C12H13ClN2OS/c1-3-6-15-12(16)8(2)17-11-7-9(13)4-5-10(11)14/h1,4-5,7-8H,6,14H2,2H3,(H,15,16). The summed E-state index contributed by atoms with van der Waals surface area (Å²) in [6.07, 6.45) is 5.06. The number of thioether (sulfide) groups is 1. The summed E-state index contributed by atoms with van der Waals surface area (Å²) in [5.74, 6) is 2.23. The summed E-state index contributed by atoms with van der Waals surface area (Å²) in [5.41, 5.74) is 6.40. The van der Waals surface area contributed by atoms with Crippen LogP contribution in [0.25, 0.3) is 0 Å². The average molecular weight is 269 g/mol. The Hall–Kier alpha value is -1.31. The Balaban J connectivity index is 2.67. The second-order valence-corrected chi connectivity index (χ2v) is 5.18. The highest BCUT2D eigenvalue weighted by atomic mass is 35.5. The van der Waals surface area contributed by atoms with E-state index >= 15 is 0 Å². The number of hydrogen-bond acceptors (Lipinski definition) is 3. The minimum atomic E-state index is -0.274. The number of benzene rings is 1. The molecule has 0 aliphatic rings. The fourth-order valence-electron chi connectivity index (χ4n) is 1.14. The van der Waals surface area contributed by atoms with E-state index in [9.17, 15) is 4.79 Å². The summed E-state index contributed by atoms with van der Waals surface area (Å²) in [7, 11) is 0. The zero-order valence-corrected chi connectivity index (χ0v) is 10.9. The van der Waals surface area contributed by atoms with E-state index in [-0.39, 0.29) is 17.7 Å². The summed E-state index contributed by atoms with van der Waals surface area (Å²) in [6, 6.07) is 5.17. The summed E-state index contributed by atoms with van der Waals surface area (Å²) in [4.78, 5) is 12.4. The van der Waals surface area contributed by atoms with Crippen LogP contribution < -0.4 is 11.1 Å². The Morgan fingerprint density at radius 2 is 2.41 bits per heavy atom. The summed E-state index contributed by atoms with van der Waals surface area (Å²) < 4.78 is 0. The molecule has 1 atom stereocenters. The molecule has 0 fully saturated rings. The maximum absolute atomic E-state index is 11.6. The van der Waals surface area contributed by atoms with Crippen molar-refractivity contribution in [2.75, 3.05) is 12.3 Å². The first-order valence-corrected chi connectivity index (χ1v) is 6.23. The van der Waals surface area contributed by atoms with E-state index in [1.165, 1.54) is 11.8 Å². The van der Waals surface area contributed by atoms with Crippen molar-refractivity contribution in [1.82, 2.24) is 5.32 Å². The van der Waals surface area contributed by atoms with Crippen molar-refractivity contribution < 1.29 is 4.79 Å². The van der Waals surface area contributed by atoms with Crippen molar-refractivity contribution in [3.63, 3.8) is 0 Å². The molecule has 0 aliphatic heterocycles. The number of nitrogen functional groups attached to an aromatic ring is 1. The van der Waals surface area contributed by atoms with Gasteiger partial charge in [-0.2, -0.15) is 0 Å². The van der Waals surface area contributed by atoms with E-state index in [0.717, 1.165) is 4.90 Å². The lowest BCUT2D eigenvalue weighted by molar-refractivity contribution is -0.120.